The van der Waals surface area contributed by atoms with Crippen molar-refractivity contribution in [3.63, 3.8) is 0 Å². The summed E-state index contributed by atoms with van der Waals surface area (Å²) in [5.74, 6) is -2.94. The number of unbranched alkanes of at least 4 members (excludes halogenated alkanes) is 1. The molecular weight excluding hydrogens is 138 g/mol. The van der Waals surface area contributed by atoms with Crippen molar-refractivity contribution in [2.75, 3.05) is 0 Å². The van der Waals surface area contributed by atoms with Crippen LogP contribution in [0.4, 0.5) is 8.78 Å². The predicted octanol–water partition coefficient (Wildman–Crippen LogP) is 2.19. The molecule has 0 aliphatic carbocycles. The lowest BCUT2D eigenvalue weighted by Crippen LogP contribution is -2.29. The largest absolute Gasteiger partial charge is 0.387 e. The molecule has 0 aromatic heterocycles. The lowest BCUT2D eigenvalue weighted by atomic mass is 10.1. The lowest BCUT2D eigenvalue weighted by molar-refractivity contribution is -0.0963. The Hall–Kier alpha value is -0.180. The molecule has 3 heteroatoms. The number of hydrogen-bond acceptors (Lipinski definition) is 1. The number of rotatable bonds is 4. The van der Waals surface area contributed by atoms with Gasteiger partial charge in [-0.15, -0.1) is 0 Å². The fourth-order valence-electron chi connectivity index (χ4n) is 0.651. The third-order valence-electron chi connectivity index (χ3n) is 1.42. The van der Waals surface area contributed by atoms with E-state index in [4.69, 9.17) is 5.11 Å². The Morgan fingerprint density at radius 3 is 2.30 bits per heavy atom. The molecule has 1 unspecified atom stereocenters. The molecule has 1 N–H and O–H groups in total. The molecule has 62 valence electrons. The molecule has 0 amide bonds. The van der Waals surface area contributed by atoms with Crippen molar-refractivity contribution in [3.05, 3.63) is 0 Å². The number of alkyl halides is 2. The van der Waals surface area contributed by atoms with Gasteiger partial charge in [-0.2, -0.15) is 0 Å². The molecule has 0 spiro atoms. The molecule has 0 radical (unpaired) electrons. The van der Waals surface area contributed by atoms with Crippen molar-refractivity contribution in [1.29, 1.82) is 0 Å². The minimum absolute atomic E-state index is 0.194. The first-order valence-electron chi connectivity index (χ1n) is 3.54. The van der Waals surface area contributed by atoms with Crippen LogP contribution in [0.5, 0.6) is 0 Å². The molecule has 0 aliphatic heterocycles. The summed E-state index contributed by atoms with van der Waals surface area (Å²) in [6.07, 6.45) is 0.227. The van der Waals surface area contributed by atoms with Gasteiger partial charge >= 0.3 is 0 Å². The maximum absolute atomic E-state index is 12.2. The first-order chi connectivity index (χ1) is 4.48. The average Bonchev–Trinajstić information content (AvgIpc) is 1.80. The molecule has 0 heterocycles. The van der Waals surface area contributed by atoms with Gasteiger partial charge in [-0.1, -0.05) is 19.8 Å². The predicted molar refractivity (Wildman–Crippen MR) is 36.2 cm³/mol. The molecule has 0 fully saturated rings. The highest BCUT2D eigenvalue weighted by Crippen LogP contribution is 2.20. The number of hydrogen-bond donors (Lipinski definition) is 1. The van der Waals surface area contributed by atoms with Crippen molar-refractivity contribution in [2.24, 2.45) is 0 Å². The monoisotopic (exact) mass is 152 g/mol. The molecule has 1 atom stereocenters. The van der Waals surface area contributed by atoms with Crippen LogP contribution in [0.25, 0.3) is 0 Å². The molecule has 0 rings (SSSR count). The molecule has 0 saturated carbocycles. The fourth-order valence-corrected chi connectivity index (χ4v) is 0.651. The first-order valence-corrected chi connectivity index (χ1v) is 3.54. The van der Waals surface area contributed by atoms with Crippen molar-refractivity contribution in [3.8, 4) is 0 Å². The molecular formula is C7H14F2O. The molecule has 1 nitrogen and oxygen atoms in total. The second-order valence-corrected chi connectivity index (χ2v) is 2.61. The summed E-state index contributed by atoms with van der Waals surface area (Å²) in [5.41, 5.74) is 0. The third kappa shape index (κ3) is 3.77. The smallest absolute Gasteiger partial charge is 0.270 e. The molecule has 0 aromatic carbocycles. The highest BCUT2D eigenvalue weighted by molar-refractivity contribution is 4.69. The van der Waals surface area contributed by atoms with E-state index in [1.165, 1.54) is 0 Å². The molecule has 0 saturated heterocycles. The van der Waals surface area contributed by atoms with Gasteiger partial charge in [0, 0.05) is 6.92 Å². The standard InChI is InChI=1S/C7H14F2O/c1-3-4-5-6(10)7(2,8)9/h6,10H,3-5H2,1-2H3. The Bertz CT molecular complexity index is 88.1. The summed E-state index contributed by atoms with van der Waals surface area (Å²) in [4.78, 5) is 0. The minimum Gasteiger partial charge on any atom is -0.387 e. The maximum Gasteiger partial charge on any atom is 0.270 e. The van der Waals surface area contributed by atoms with Crippen molar-refractivity contribution >= 4 is 0 Å². The van der Waals surface area contributed by atoms with Crippen molar-refractivity contribution in [1.82, 2.24) is 0 Å². The van der Waals surface area contributed by atoms with Crippen LogP contribution in [0.1, 0.15) is 33.1 Å². The second kappa shape index (κ2) is 3.86. The summed E-state index contributed by atoms with van der Waals surface area (Å²) in [5, 5.41) is 8.77. The van der Waals surface area contributed by atoms with E-state index in [1.54, 1.807) is 0 Å². The van der Waals surface area contributed by atoms with Crippen LogP contribution in [0.2, 0.25) is 0 Å². The summed E-state index contributed by atoms with van der Waals surface area (Å²) in [6, 6.07) is 0. The van der Waals surface area contributed by atoms with Crippen LogP contribution in [-0.2, 0) is 0 Å². The third-order valence-corrected chi connectivity index (χ3v) is 1.42. The second-order valence-electron chi connectivity index (χ2n) is 2.61. The van der Waals surface area contributed by atoms with Gasteiger partial charge in [0.05, 0.1) is 0 Å². The zero-order chi connectivity index (χ0) is 8.20. The van der Waals surface area contributed by atoms with Crippen molar-refractivity contribution in [2.45, 2.75) is 45.1 Å². The summed E-state index contributed by atoms with van der Waals surface area (Å²) >= 11 is 0. The van der Waals surface area contributed by atoms with Crippen LogP contribution in [0, 0.1) is 0 Å². The van der Waals surface area contributed by atoms with Gasteiger partial charge in [-0.05, 0) is 6.42 Å². The highest BCUT2D eigenvalue weighted by atomic mass is 19.3. The van der Waals surface area contributed by atoms with E-state index in [1.807, 2.05) is 6.92 Å². The molecule has 0 bridgehead atoms. The summed E-state index contributed by atoms with van der Waals surface area (Å²) < 4.78 is 24.4. The van der Waals surface area contributed by atoms with E-state index in [0.717, 1.165) is 13.3 Å². The molecule has 0 aliphatic rings. The fraction of sp³-hybridized carbons (Fsp3) is 1.00. The SMILES string of the molecule is CCCCC(O)C(C)(F)F. The van der Waals surface area contributed by atoms with Crippen LogP contribution in [0.15, 0.2) is 0 Å². The lowest BCUT2D eigenvalue weighted by Gasteiger charge is -2.17. The number of halogens is 2. The van der Waals surface area contributed by atoms with Gasteiger partial charge in [0.25, 0.3) is 5.92 Å². The quantitative estimate of drug-likeness (QED) is 0.654. The Balaban J connectivity index is 3.52. The van der Waals surface area contributed by atoms with Gasteiger partial charge in [-0.25, -0.2) is 8.78 Å². The van der Waals surface area contributed by atoms with Crippen LogP contribution in [0.3, 0.4) is 0 Å². The zero-order valence-electron chi connectivity index (χ0n) is 6.40. The van der Waals surface area contributed by atoms with Gasteiger partial charge in [-0.3, -0.25) is 0 Å². The summed E-state index contributed by atoms with van der Waals surface area (Å²) in [6.45, 7) is 2.65. The van der Waals surface area contributed by atoms with E-state index in [0.29, 0.717) is 6.42 Å². The number of aliphatic hydroxyl groups is 1. The Labute approximate surface area is 60.1 Å². The van der Waals surface area contributed by atoms with Gasteiger partial charge in [0.1, 0.15) is 6.10 Å². The van der Waals surface area contributed by atoms with Gasteiger partial charge in [0.2, 0.25) is 0 Å². The van der Waals surface area contributed by atoms with Gasteiger partial charge in [0.15, 0.2) is 0 Å². The Morgan fingerprint density at radius 2 is 2.00 bits per heavy atom. The van der Waals surface area contributed by atoms with E-state index in [9.17, 15) is 8.78 Å². The maximum atomic E-state index is 12.2. The van der Waals surface area contributed by atoms with E-state index >= 15 is 0 Å². The van der Waals surface area contributed by atoms with Crippen LogP contribution in [-0.4, -0.2) is 17.1 Å². The van der Waals surface area contributed by atoms with Crippen molar-refractivity contribution < 1.29 is 13.9 Å². The van der Waals surface area contributed by atoms with Gasteiger partial charge < -0.3 is 5.11 Å². The topological polar surface area (TPSA) is 20.2 Å². The summed E-state index contributed by atoms with van der Waals surface area (Å²) in [7, 11) is 0. The number of aliphatic hydroxyl groups excluding tert-OH is 1. The van der Waals surface area contributed by atoms with E-state index in [2.05, 4.69) is 0 Å². The van der Waals surface area contributed by atoms with Crippen LogP contribution < -0.4 is 0 Å². The molecule has 0 aromatic rings. The first kappa shape index (κ1) is 9.82. The van der Waals surface area contributed by atoms with E-state index < -0.39 is 12.0 Å². The Morgan fingerprint density at radius 1 is 1.50 bits per heavy atom. The average molecular weight is 152 g/mol. The highest BCUT2D eigenvalue weighted by Gasteiger charge is 2.31. The Kier molecular flexibility index (Phi) is 3.79. The normalized spacial score (nSPS) is 15.3. The van der Waals surface area contributed by atoms with Crippen LogP contribution >= 0.6 is 0 Å². The van der Waals surface area contributed by atoms with E-state index in [-0.39, 0.29) is 6.42 Å². The molecule has 10 heavy (non-hydrogen) atoms. The minimum atomic E-state index is -2.94. The zero-order valence-corrected chi connectivity index (χ0v) is 6.40.